The molecule has 1 heterocycles. The Labute approximate surface area is 120 Å². The first-order valence-corrected chi connectivity index (χ1v) is 6.87. The number of amides is 2. The summed E-state index contributed by atoms with van der Waals surface area (Å²) in [5.74, 6) is -0.420. The predicted octanol–water partition coefficient (Wildman–Crippen LogP) is 1.91. The Kier molecular flexibility index (Phi) is 4.73. The molecule has 1 aromatic heterocycles. The molecular weight excluding hydrogens is 274 g/mol. The van der Waals surface area contributed by atoms with Gasteiger partial charge in [-0.25, -0.2) is 4.98 Å². The van der Waals surface area contributed by atoms with Gasteiger partial charge in [0.1, 0.15) is 5.69 Å². The quantitative estimate of drug-likeness (QED) is 0.823. The molecule has 20 heavy (non-hydrogen) atoms. The molecule has 0 aliphatic rings. The molecule has 2 aromatic rings. The number of hydrogen-bond donors (Lipinski definition) is 2. The van der Waals surface area contributed by atoms with Crippen molar-refractivity contribution in [1.29, 1.82) is 0 Å². The van der Waals surface area contributed by atoms with Crippen molar-refractivity contribution in [1.82, 2.24) is 4.98 Å². The van der Waals surface area contributed by atoms with E-state index < -0.39 is 5.91 Å². The highest BCUT2D eigenvalue weighted by Crippen LogP contribution is 2.17. The molecule has 102 valence electrons. The van der Waals surface area contributed by atoms with E-state index in [9.17, 15) is 9.59 Å². The molecule has 0 aliphatic heterocycles. The number of nitrogens with zero attached hydrogens (tertiary/aromatic N) is 1. The zero-order valence-corrected chi connectivity index (χ0v) is 11.4. The smallest absolute Gasteiger partial charge is 0.267 e. The van der Waals surface area contributed by atoms with Gasteiger partial charge in [0.25, 0.3) is 5.91 Å². The average molecular weight is 287 g/mol. The van der Waals surface area contributed by atoms with E-state index in [0.717, 1.165) is 4.90 Å². The largest absolute Gasteiger partial charge is 0.364 e. The van der Waals surface area contributed by atoms with Gasteiger partial charge in [0, 0.05) is 4.90 Å². The van der Waals surface area contributed by atoms with E-state index in [-0.39, 0.29) is 11.6 Å². The lowest BCUT2D eigenvalue weighted by molar-refractivity contribution is -0.113. The molecule has 0 radical (unpaired) electrons. The van der Waals surface area contributed by atoms with Gasteiger partial charge in [0.2, 0.25) is 5.91 Å². The van der Waals surface area contributed by atoms with Crippen molar-refractivity contribution >= 4 is 29.3 Å². The van der Waals surface area contributed by atoms with Crippen LogP contribution in [0.1, 0.15) is 10.5 Å². The molecule has 3 N–H and O–H groups in total. The second-order valence-electron chi connectivity index (χ2n) is 3.95. The Morgan fingerprint density at radius 1 is 1.15 bits per heavy atom. The monoisotopic (exact) mass is 287 g/mol. The normalized spacial score (nSPS) is 10.0. The molecule has 0 bridgehead atoms. The Bertz CT molecular complexity index is 600. The SMILES string of the molecule is NC(=O)c1ccc(NC(=O)CSc2ccccc2)cn1. The number of carbonyl (C=O) groups is 2. The van der Waals surface area contributed by atoms with Gasteiger partial charge in [-0.3, -0.25) is 9.59 Å². The van der Waals surface area contributed by atoms with Crippen LogP contribution in [0.25, 0.3) is 0 Å². The number of pyridine rings is 1. The van der Waals surface area contributed by atoms with E-state index in [2.05, 4.69) is 10.3 Å². The van der Waals surface area contributed by atoms with Crippen LogP contribution in [-0.2, 0) is 4.79 Å². The number of anilines is 1. The highest BCUT2D eigenvalue weighted by molar-refractivity contribution is 8.00. The molecule has 0 fully saturated rings. The summed E-state index contributed by atoms with van der Waals surface area (Å²) in [6.07, 6.45) is 1.41. The summed E-state index contributed by atoms with van der Waals surface area (Å²) < 4.78 is 0. The van der Waals surface area contributed by atoms with E-state index >= 15 is 0 Å². The van der Waals surface area contributed by atoms with Crippen LogP contribution in [0.2, 0.25) is 0 Å². The Morgan fingerprint density at radius 3 is 2.50 bits per heavy atom. The van der Waals surface area contributed by atoms with Crippen molar-refractivity contribution < 1.29 is 9.59 Å². The first-order valence-electron chi connectivity index (χ1n) is 5.89. The Balaban J connectivity index is 1.86. The van der Waals surface area contributed by atoms with Crippen LogP contribution in [0.4, 0.5) is 5.69 Å². The van der Waals surface area contributed by atoms with Crippen molar-refractivity contribution in [3.63, 3.8) is 0 Å². The predicted molar refractivity (Wildman–Crippen MR) is 78.6 cm³/mol. The fraction of sp³-hybridized carbons (Fsp3) is 0.0714. The first-order chi connectivity index (χ1) is 9.65. The molecule has 0 aliphatic carbocycles. The van der Waals surface area contributed by atoms with Gasteiger partial charge in [-0.15, -0.1) is 11.8 Å². The molecule has 0 spiro atoms. The molecule has 6 heteroatoms. The maximum absolute atomic E-state index is 11.8. The molecule has 2 rings (SSSR count). The zero-order valence-electron chi connectivity index (χ0n) is 10.6. The molecule has 2 amide bonds. The molecule has 0 saturated heterocycles. The lowest BCUT2D eigenvalue weighted by atomic mass is 10.3. The second-order valence-corrected chi connectivity index (χ2v) is 5.00. The van der Waals surface area contributed by atoms with Crippen LogP contribution in [0, 0.1) is 0 Å². The topological polar surface area (TPSA) is 85.1 Å². The van der Waals surface area contributed by atoms with Gasteiger partial charge < -0.3 is 11.1 Å². The maximum Gasteiger partial charge on any atom is 0.267 e. The number of aromatic nitrogens is 1. The summed E-state index contributed by atoms with van der Waals surface area (Å²) >= 11 is 1.45. The standard InChI is InChI=1S/C14H13N3O2S/c15-14(19)12-7-6-10(8-16-12)17-13(18)9-20-11-4-2-1-3-5-11/h1-8H,9H2,(H2,15,19)(H,17,18). The fourth-order valence-electron chi connectivity index (χ4n) is 1.48. The van der Waals surface area contributed by atoms with Crippen LogP contribution < -0.4 is 11.1 Å². The van der Waals surface area contributed by atoms with Gasteiger partial charge in [-0.05, 0) is 24.3 Å². The number of benzene rings is 1. The summed E-state index contributed by atoms with van der Waals surface area (Å²) in [7, 11) is 0. The summed E-state index contributed by atoms with van der Waals surface area (Å²) in [6.45, 7) is 0. The Hall–Kier alpha value is -2.34. The van der Waals surface area contributed by atoms with Crippen LogP contribution in [0.3, 0.4) is 0 Å². The van der Waals surface area contributed by atoms with Crippen LogP contribution >= 0.6 is 11.8 Å². The molecular formula is C14H13N3O2S. The molecule has 5 nitrogen and oxygen atoms in total. The summed E-state index contributed by atoms with van der Waals surface area (Å²) in [4.78, 5) is 27.5. The summed E-state index contributed by atoms with van der Waals surface area (Å²) in [6, 6.07) is 12.7. The number of primary amides is 1. The Morgan fingerprint density at radius 2 is 1.90 bits per heavy atom. The van der Waals surface area contributed by atoms with Crippen molar-refractivity contribution in [2.75, 3.05) is 11.1 Å². The molecule has 0 unspecified atom stereocenters. The van der Waals surface area contributed by atoms with E-state index in [1.54, 1.807) is 6.07 Å². The second kappa shape index (κ2) is 6.72. The van der Waals surface area contributed by atoms with Gasteiger partial charge in [0.15, 0.2) is 0 Å². The number of carbonyl (C=O) groups excluding carboxylic acids is 2. The van der Waals surface area contributed by atoms with Crippen LogP contribution in [-0.4, -0.2) is 22.6 Å². The van der Waals surface area contributed by atoms with E-state index in [4.69, 9.17) is 5.73 Å². The number of nitrogens with one attached hydrogen (secondary N) is 1. The van der Waals surface area contributed by atoms with Crippen molar-refractivity contribution in [3.05, 3.63) is 54.4 Å². The minimum absolute atomic E-state index is 0.132. The first kappa shape index (κ1) is 14.1. The van der Waals surface area contributed by atoms with Gasteiger partial charge >= 0.3 is 0 Å². The lowest BCUT2D eigenvalue weighted by Crippen LogP contribution is -2.16. The third kappa shape index (κ3) is 4.10. The summed E-state index contributed by atoms with van der Waals surface area (Å²) in [5.41, 5.74) is 5.79. The highest BCUT2D eigenvalue weighted by atomic mass is 32.2. The molecule has 1 aromatic carbocycles. The average Bonchev–Trinajstić information content (AvgIpc) is 2.47. The van der Waals surface area contributed by atoms with Gasteiger partial charge in [-0.2, -0.15) is 0 Å². The van der Waals surface area contributed by atoms with E-state index in [1.165, 1.54) is 24.0 Å². The third-order valence-electron chi connectivity index (χ3n) is 2.41. The van der Waals surface area contributed by atoms with E-state index in [0.29, 0.717) is 11.4 Å². The minimum Gasteiger partial charge on any atom is -0.364 e. The fourth-order valence-corrected chi connectivity index (χ4v) is 2.20. The van der Waals surface area contributed by atoms with Crippen molar-refractivity contribution in [3.8, 4) is 0 Å². The maximum atomic E-state index is 11.8. The highest BCUT2D eigenvalue weighted by Gasteiger charge is 2.05. The number of hydrogen-bond acceptors (Lipinski definition) is 4. The third-order valence-corrected chi connectivity index (χ3v) is 3.42. The lowest BCUT2D eigenvalue weighted by Gasteiger charge is -2.05. The molecule has 0 saturated carbocycles. The van der Waals surface area contributed by atoms with Crippen molar-refractivity contribution in [2.45, 2.75) is 4.90 Å². The van der Waals surface area contributed by atoms with Crippen molar-refractivity contribution in [2.24, 2.45) is 5.73 Å². The number of nitrogens with two attached hydrogens (primary N) is 1. The number of rotatable bonds is 5. The minimum atomic E-state index is -0.595. The zero-order chi connectivity index (χ0) is 14.4. The summed E-state index contributed by atoms with van der Waals surface area (Å²) in [5, 5.41) is 2.70. The van der Waals surface area contributed by atoms with Gasteiger partial charge in [0.05, 0.1) is 17.6 Å². The van der Waals surface area contributed by atoms with E-state index in [1.807, 2.05) is 30.3 Å². The van der Waals surface area contributed by atoms with Crippen LogP contribution in [0.15, 0.2) is 53.6 Å². The number of thioether (sulfide) groups is 1. The van der Waals surface area contributed by atoms with Crippen LogP contribution in [0.5, 0.6) is 0 Å². The van der Waals surface area contributed by atoms with Gasteiger partial charge in [-0.1, -0.05) is 18.2 Å². The molecule has 0 atom stereocenters.